The van der Waals surface area contributed by atoms with Crippen molar-refractivity contribution < 1.29 is 24.2 Å². The summed E-state index contributed by atoms with van der Waals surface area (Å²) < 4.78 is 5.64. The highest BCUT2D eigenvalue weighted by Crippen LogP contribution is 2.46. The molecule has 7 heteroatoms. The van der Waals surface area contributed by atoms with E-state index < -0.39 is 23.5 Å². The molecule has 1 saturated carbocycles. The summed E-state index contributed by atoms with van der Waals surface area (Å²) in [4.78, 5) is 38.7. The normalized spacial score (nSPS) is 21.2. The van der Waals surface area contributed by atoms with Crippen molar-refractivity contribution in [1.82, 2.24) is 10.2 Å². The van der Waals surface area contributed by atoms with E-state index in [0.29, 0.717) is 13.1 Å². The van der Waals surface area contributed by atoms with Crippen LogP contribution < -0.4 is 5.32 Å². The second kappa shape index (κ2) is 8.70. The molecule has 184 valence electrons. The Balaban J connectivity index is 1.17. The molecule has 1 saturated heterocycles. The van der Waals surface area contributed by atoms with Crippen molar-refractivity contribution in [2.24, 2.45) is 10.8 Å². The molecule has 35 heavy (non-hydrogen) atoms. The van der Waals surface area contributed by atoms with Crippen LogP contribution in [-0.4, -0.2) is 53.7 Å². The van der Waals surface area contributed by atoms with Crippen molar-refractivity contribution in [2.75, 3.05) is 19.7 Å². The van der Waals surface area contributed by atoms with Crippen molar-refractivity contribution in [3.05, 3.63) is 59.7 Å². The first-order valence-corrected chi connectivity index (χ1v) is 12.3. The van der Waals surface area contributed by atoms with Crippen LogP contribution >= 0.6 is 0 Å². The van der Waals surface area contributed by atoms with Crippen LogP contribution in [0.15, 0.2) is 48.5 Å². The molecular weight excluding hydrogens is 444 g/mol. The number of fused-ring (bicyclic) bond motifs is 3. The van der Waals surface area contributed by atoms with E-state index in [2.05, 4.69) is 29.6 Å². The second-order valence-electron chi connectivity index (χ2n) is 11.0. The molecule has 2 N–H and O–H groups in total. The highest BCUT2D eigenvalue weighted by molar-refractivity contribution is 5.87. The molecule has 7 nitrogen and oxygen atoms in total. The van der Waals surface area contributed by atoms with Gasteiger partial charge in [0.05, 0.1) is 0 Å². The van der Waals surface area contributed by atoms with Crippen molar-refractivity contribution in [3.8, 4) is 11.1 Å². The first-order valence-electron chi connectivity index (χ1n) is 12.3. The monoisotopic (exact) mass is 476 g/mol. The first kappa shape index (κ1) is 23.4. The Morgan fingerprint density at radius 1 is 1.03 bits per heavy atom. The molecule has 2 aliphatic carbocycles. The molecule has 1 aliphatic heterocycles. The molecule has 1 atom stereocenters. The van der Waals surface area contributed by atoms with E-state index >= 15 is 0 Å². The maximum Gasteiger partial charge on any atom is 0.407 e. The summed E-state index contributed by atoms with van der Waals surface area (Å²) in [5, 5.41) is 12.4. The molecule has 0 radical (unpaired) electrons. The van der Waals surface area contributed by atoms with E-state index in [1.165, 1.54) is 16.0 Å². The summed E-state index contributed by atoms with van der Waals surface area (Å²) >= 11 is 0. The molecule has 0 spiro atoms. The molecule has 5 rings (SSSR count). The Kier molecular flexibility index (Phi) is 5.82. The molecule has 2 amide bonds. The molecule has 2 aromatic rings. The van der Waals surface area contributed by atoms with Crippen LogP contribution in [0.4, 0.5) is 4.79 Å². The minimum atomic E-state index is -0.964. The third-order valence-corrected chi connectivity index (χ3v) is 8.08. The van der Waals surface area contributed by atoms with Crippen LogP contribution in [0.1, 0.15) is 56.6 Å². The van der Waals surface area contributed by atoms with Gasteiger partial charge in [-0.15, -0.1) is 0 Å². The number of aliphatic carboxylic acids is 1. The number of ether oxygens (including phenoxy) is 1. The average Bonchev–Trinajstić information content (AvgIpc) is 3.11. The Hall–Kier alpha value is -3.35. The Morgan fingerprint density at radius 3 is 2.14 bits per heavy atom. The van der Waals surface area contributed by atoms with E-state index in [1.54, 1.807) is 0 Å². The van der Waals surface area contributed by atoms with Gasteiger partial charge in [0.15, 0.2) is 0 Å². The molecule has 2 aromatic carbocycles. The van der Waals surface area contributed by atoms with Crippen LogP contribution in [-0.2, 0) is 14.3 Å². The fraction of sp³-hybridized carbons (Fsp3) is 0.464. The van der Waals surface area contributed by atoms with E-state index in [0.717, 1.165) is 30.4 Å². The van der Waals surface area contributed by atoms with Gasteiger partial charge in [0, 0.05) is 30.8 Å². The first-order chi connectivity index (χ1) is 16.7. The smallest absolute Gasteiger partial charge is 0.407 e. The summed E-state index contributed by atoms with van der Waals surface area (Å²) in [5.74, 6) is -1.12. The number of carboxylic acid groups (broad SMARTS) is 1. The third-order valence-electron chi connectivity index (χ3n) is 8.08. The predicted molar refractivity (Wildman–Crippen MR) is 131 cm³/mol. The molecule has 3 aliphatic rings. The SMILES string of the molecule is CC1(C)CN(C(=O)CC2(CNC(=O)OCC3c4ccccc4-c4ccccc43)CCC2)C1C(=O)O. The summed E-state index contributed by atoms with van der Waals surface area (Å²) in [5.41, 5.74) is 3.93. The van der Waals surface area contributed by atoms with Crippen molar-refractivity contribution in [1.29, 1.82) is 0 Å². The standard InChI is InChI=1S/C28H32N2O5/c1-27(2)17-30(24(27)25(32)33)23(31)14-28(12-7-13-28)16-29-26(34)35-15-22-20-10-5-3-8-18(20)19-9-4-6-11-21(19)22/h3-6,8-11,22,24H,7,12-17H2,1-2H3,(H,29,34)(H,32,33). The van der Waals surface area contributed by atoms with E-state index in [1.807, 2.05) is 38.1 Å². The van der Waals surface area contributed by atoms with Crippen LogP contribution in [0.2, 0.25) is 0 Å². The van der Waals surface area contributed by atoms with Crippen LogP contribution in [0.25, 0.3) is 11.1 Å². The quantitative estimate of drug-likeness (QED) is 0.617. The number of hydrogen-bond donors (Lipinski definition) is 2. The molecule has 0 aromatic heterocycles. The zero-order chi connectivity index (χ0) is 24.8. The third kappa shape index (κ3) is 4.17. The lowest BCUT2D eigenvalue weighted by atomic mass is 9.65. The van der Waals surface area contributed by atoms with Crippen LogP contribution in [0.5, 0.6) is 0 Å². The number of carbonyl (C=O) groups excluding carboxylic acids is 2. The topological polar surface area (TPSA) is 95.9 Å². The highest BCUT2D eigenvalue weighted by Gasteiger charge is 2.53. The minimum absolute atomic E-state index is 0.00452. The summed E-state index contributed by atoms with van der Waals surface area (Å²) in [7, 11) is 0. The summed E-state index contributed by atoms with van der Waals surface area (Å²) in [6.07, 6.45) is 2.41. The molecule has 2 fully saturated rings. The number of rotatable bonds is 7. The maximum atomic E-state index is 12.9. The Bertz CT molecular complexity index is 1120. The molecular formula is C28H32N2O5. The van der Waals surface area contributed by atoms with Gasteiger partial charge in [0.2, 0.25) is 5.91 Å². The van der Waals surface area contributed by atoms with E-state index in [9.17, 15) is 19.5 Å². The molecule has 0 bridgehead atoms. The van der Waals surface area contributed by atoms with Gasteiger partial charge in [-0.05, 0) is 40.5 Å². The van der Waals surface area contributed by atoms with Crippen molar-refractivity contribution >= 4 is 18.0 Å². The lowest BCUT2D eigenvalue weighted by Crippen LogP contribution is -2.67. The van der Waals surface area contributed by atoms with E-state index in [4.69, 9.17) is 4.74 Å². The van der Waals surface area contributed by atoms with Crippen LogP contribution in [0.3, 0.4) is 0 Å². The van der Waals surface area contributed by atoms with Gasteiger partial charge in [-0.3, -0.25) is 4.79 Å². The average molecular weight is 477 g/mol. The number of hydrogen-bond acceptors (Lipinski definition) is 4. The predicted octanol–water partition coefficient (Wildman–Crippen LogP) is 4.41. The number of alkyl carbamates (subject to hydrolysis) is 1. The second-order valence-corrected chi connectivity index (χ2v) is 11.0. The van der Waals surface area contributed by atoms with Gasteiger partial charge in [-0.25, -0.2) is 9.59 Å². The lowest BCUT2D eigenvalue weighted by Gasteiger charge is -2.53. The summed E-state index contributed by atoms with van der Waals surface area (Å²) in [6, 6.07) is 15.6. The number of benzene rings is 2. The maximum absolute atomic E-state index is 12.9. The van der Waals surface area contributed by atoms with Crippen molar-refractivity contribution in [3.63, 3.8) is 0 Å². The van der Waals surface area contributed by atoms with Gasteiger partial charge in [-0.1, -0.05) is 68.8 Å². The fourth-order valence-electron chi connectivity index (χ4n) is 6.05. The van der Waals surface area contributed by atoms with Crippen molar-refractivity contribution in [2.45, 2.75) is 51.5 Å². The van der Waals surface area contributed by atoms with Gasteiger partial charge in [0.25, 0.3) is 0 Å². The Morgan fingerprint density at radius 2 is 1.63 bits per heavy atom. The lowest BCUT2D eigenvalue weighted by molar-refractivity contribution is -0.173. The van der Waals surface area contributed by atoms with Gasteiger partial charge >= 0.3 is 12.1 Å². The highest BCUT2D eigenvalue weighted by atomic mass is 16.5. The molecule has 1 heterocycles. The number of carboxylic acids is 1. The van der Waals surface area contributed by atoms with Gasteiger partial charge < -0.3 is 20.1 Å². The number of nitrogens with one attached hydrogen (secondary N) is 1. The number of amides is 2. The number of likely N-dealkylation sites (tertiary alicyclic amines) is 1. The number of carbonyl (C=O) groups is 3. The largest absolute Gasteiger partial charge is 0.480 e. The Labute approximate surface area is 205 Å². The number of nitrogens with zero attached hydrogens (tertiary/aromatic N) is 1. The molecule has 1 unspecified atom stereocenters. The minimum Gasteiger partial charge on any atom is -0.480 e. The van der Waals surface area contributed by atoms with Gasteiger partial charge in [0.1, 0.15) is 12.6 Å². The van der Waals surface area contributed by atoms with E-state index in [-0.39, 0.29) is 30.3 Å². The fourth-order valence-corrected chi connectivity index (χ4v) is 6.05. The van der Waals surface area contributed by atoms with Crippen LogP contribution in [0, 0.1) is 10.8 Å². The zero-order valence-electron chi connectivity index (χ0n) is 20.3. The van der Waals surface area contributed by atoms with Gasteiger partial charge in [-0.2, -0.15) is 0 Å². The zero-order valence-corrected chi connectivity index (χ0v) is 20.3. The summed E-state index contributed by atoms with van der Waals surface area (Å²) in [6.45, 7) is 4.78.